The Kier molecular flexibility index (Phi) is 8.67. The number of hydrogen-bond donors (Lipinski definition) is 2. The highest BCUT2D eigenvalue weighted by atomic mass is 35.5. The molecule has 1 aromatic heterocycles. The van der Waals surface area contributed by atoms with Gasteiger partial charge in [-0.3, -0.25) is 9.59 Å². The highest BCUT2D eigenvalue weighted by molar-refractivity contribution is 7.91. The highest BCUT2D eigenvalue weighted by Crippen LogP contribution is 2.29. The lowest BCUT2D eigenvalue weighted by Gasteiger charge is -2.15. The molecule has 2 amide bonds. The van der Waals surface area contributed by atoms with Crippen LogP contribution in [0.25, 0.3) is 0 Å². The fourth-order valence-corrected chi connectivity index (χ4v) is 5.43. The van der Waals surface area contributed by atoms with Crippen LogP contribution in [-0.4, -0.2) is 40.4 Å². The quantitative estimate of drug-likeness (QED) is 0.385. The van der Waals surface area contributed by atoms with Crippen LogP contribution in [0.5, 0.6) is 5.75 Å². The van der Waals surface area contributed by atoms with Gasteiger partial charge in [-0.1, -0.05) is 17.7 Å². The van der Waals surface area contributed by atoms with Gasteiger partial charge in [0.2, 0.25) is 15.9 Å². The molecule has 2 aromatic carbocycles. The molecule has 0 bridgehead atoms. The van der Waals surface area contributed by atoms with Crippen LogP contribution in [-0.2, 0) is 14.8 Å². The summed E-state index contributed by atoms with van der Waals surface area (Å²) in [6.45, 7) is 1.90. The highest BCUT2D eigenvalue weighted by Gasteiger charge is 2.20. The van der Waals surface area contributed by atoms with E-state index >= 15 is 0 Å². The molecule has 11 heteroatoms. The molecule has 0 atom stereocenters. The van der Waals surface area contributed by atoms with E-state index in [2.05, 4.69) is 10.0 Å². The van der Waals surface area contributed by atoms with Gasteiger partial charge in [0, 0.05) is 42.9 Å². The first-order valence-electron chi connectivity index (χ1n) is 10.3. The molecule has 8 nitrogen and oxygen atoms in total. The van der Waals surface area contributed by atoms with Gasteiger partial charge in [-0.15, -0.1) is 11.3 Å². The van der Waals surface area contributed by atoms with Crippen LogP contribution in [0.15, 0.2) is 64.9 Å². The van der Waals surface area contributed by atoms with E-state index in [1.165, 1.54) is 17.9 Å². The van der Waals surface area contributed by atoms with E-state index in [4.69, 9.17) is 16.3 Å². The Bertz CT molecular complexity index is 1260. The summed E-state index contributed by atoms with van der Waals surface area (Å²) in [7, 11) is -2.14. The van der Waals surface area contributed by atoms with E-state index in [0.717, 1.165) is 11.3 Å². The van der Waals surface area contributed by atoms with E-state index in [-0.39, 0.29) is 22.6 Å². The SMILES string of the molecule is CC(=O)Nc1cccc(OCCCNS(=O)(=O)c2ccc(N(C)C(=O)c3ccc(Cl)cc3)s2)c1. The summed E-state index contributed by atoms with van der Waals surface area (Å²) < 4.78 is 33.5. The summed E-state index contributed by atoms with van der Waals surface area (Å²) in [5.41, 5.74) is 1.07. The fraction of sp³-hybridized carbons (Fsp3) is 0.217. The van der Waals surface area contributed by atoms with Crippen LogP contribution >= 0.6 is 22.9 Å². The number of hydrogen-bond acceptors (Lipinski definition) is 6. The zero-order valence-corrected chi connectivity index (χ0v) is 21.0. The number of anilines is 2. The van der Waals surface area contributed by atoms with Crippen molar-refractivity contribution in [3.63, 3.8) is 0 Å². The van der Waals surface area contributed by atoms with Gasteiger partial charge in [0.15, 0.2) is 0 Å². The number of rotatable bonds is 10. The Hall–Kier alpha value is -2.92. The zero-order valence-electron chi connectivity index (χ0n) is 18.6. The Balaban J connectivity index is 1.50. The van der Waals surface area contributed by atoms with Crippen molar-refractivity contribution in [2.75, 3.05) is 30.4 Å². The maximum Gasteiger partial charge on any atom is 0.258 e. The van der Waals surface area contributed by atoms with Crippen molar-refractivity contribution < 1.29 is 22.7 Å². The van der Waals surface area contributed by atoms with Gasteiger partial charge < -0.3 is 15.0 Å². The monoisotopic (exact) mass is 521 g/mol. The Morgan fingerprint density at radius 1 is 1.09 bits per heavy atom. The van der Waals surface area contributed by atoms with Crippen molar-refractivity contribution in [2.45, 2.75) is 17.6 Å². The summed E-state index contributed by atoms with van der Waals surface area (Å²) in [6.07, 6.45) is 0.441. The maximum absolute atomic E-state index is 12.6. The molecular formula is C23H24ClN3O5S2. The van der Waals surface area contributed by atoms with E-state index < -0.39 is 10.0 Å². The van der Waals surface area contributed by atoms with Gasteiger partial charge >= 0.3 is 0 Å². The molecule has 0 fully saturated rings. The molecule has 34 heavy (non-hydrogen) atoms. The lowest BCUT2D eigenvalue weighted by Crippen LogP contribution is -2.26. The molecule has 0 saturated carbocycles. The minimum absolute atomic E-state index is 0.113. The van der Waals surface area contributed by atoms with Crippen LogP contribution in [0.2, 0.25) is 5.02 Å². The largest absolute Gasteiger partial charge is 0.493 e. The number of halogens is 1. The van der Waals surface area contributed by atoms with Gasteiger partial charge in [-0.2, -0.15) is 0 Å². The standard InChI is InChI=1S/C23H24ClN3O5S2/c1-16(28)26-19-5-3-6-20(15-19)32-14-4-13-25-34(30,31)22-12-11-21(33-22)27(2)23(29)17-7-9-18(24)10-8-17/h3,5-12,15,25H,4,13-14H2,1-2H3,(H,26,28). The van der Waals surface area contributed by atoms with E-state index in [0.29, 0.717) is 40.1 Å². The normalized spacial score (nSPS) is 11.1. The predicted octanol–water partition coefficient (Wildman–Crippen LogP) is 4.38. The van der Waals surface area contributed by atoms with Crippen LogP contribution < -0.4 is 19.7 Å². The third-order valence-corrected chi connectivity index (χ3v) is 7.96. The van der Waals surface area contributed by atoms with Crippen molar-refractivity contribution in [2.24, 2.45) is 0 Å². The lowest BCUT2D eigenvalue weighted by molar-refractivity contribution is -0.114. The first-order chi connectivity index (χ1) is 16.2. The molecule has 3 rings (SSSR count). The number of benzene rings is 2. The van der Waals surface area contributed by atoms with Crippen molar-refractivity contribution >= 4 is 55.5 Å². The molecule has 0 unspecified atom stereocenters. The minimum Gasteiger partial charge on any atom is -0.493 e. The van der Waals surface area contributed by atoms with Crippen molar-refractivity contribution in [3.8, 4) is 5.75 Å². The second-order valence-electron chi connectivity index (χ2n) is 7.27. The molecule has 0 spiro atoms. The van der Waals surface area contributed by atoms with Gasteiger partial charge in [-0.05, 0) is 55.0 Å². The Morgan fingerprint density at radius 2 is 1.82 bits per heavy atom. The second-order valence-corrected chi connectivity index (χ2v) is 10.8. The number of amides is 2. The molecule has 1 heterocycles. The van der Waals surface area contributed by atoms with Crippen LogP contribution in [0.4, 0.5) is 10.7 Å². The smallest absolute Gasteiger partial charge is 0.258 e. The number of ether oxygens (including phenoxy) is 1. The van der Waals surface area contributed by atoms with Crippen molar-refractivity contribution in [3.05, 3.63) is 71.2 Å². The fourth-order valence-electron chi connectivity index (χ4n) is 2.93. The van der Waals surface area contributed by atoms with E-state index in [1.807, 2.05) is 0 Å². The second kappa shape index (κ2) is 11.5. The molecule has 0 aliphatic heterocycles. The van der Waals surface area contributed by atoms with E-state index in [9.17, 15) is 18.0 Å². The van der Waals surface area contributed by atoms with E-state index in [1.54, 1.807) is 61.6 Å². The van der Waals surface area contributed by atoms with Gasteiger partial charge in [0.25, 0.3) is 5.91 Å². The topological polar surface area (TPSA) is 105 Å². The van der Waals surface area contributed by atoms with Crippen LogP contribution in [0.3, 0.4) is 0 Å². The summed E-state index contributed by atoms with van der Waals surface area (Å²) in [5.74, 6) is 0.129. The first kappa shape index (κ1) is 25.7. The molecule has 180 valence electrons. The summed E-state index contributed by atoms with van der Waals surface area (Å²) in [5, 5.41) is 3.70. The Labute approximate surface area is 207 Å². The molecule has 2 N–H and O–H groups in total. The average Bonchev–Trinajstić information content (AvgIpc) is 3.29. The predicted molar refractivity (Wildman–Crippen MR) is 135 cm³/mol. The summed E-state index contributed by atoms with van der Waals surface area (Å²) in [4.78, 5) is 25.2. The summed E-state index contributed by atoms with van der Waals surface area (Å²) >= 11 is 6.87. The van der Waals surface area contributed by atoms with Crippen molar-refractivity contribution in [1.82, 2.24) is 4.72 Å². The average molecular weight is 522 g/mol. The number of carbonyl (C=O) groups excluding carboxylic acids is 2. The van der Waals surface area contributed by atoms with Gasteiger partial charge in [0.1, 0.15) is 9.96 Å². The number of sulfonamides is 1. The number of nitrogens with zero attached hydrogens (tertiary/aromatic N) is 1. The number of nitrogens with one attached hydrogen (secondary N) is 2. The maximum atomic E-state index is 12.6. The van der Waals surface area contributed by atoms with Crippen molar-refractivity contribution in [1.29, 1.82) is 0 Å². The molecule has 0 aliphatic rings. The van der Waals surface area contributed by atoms with Gasteiger partial charge in [0.05, 0.1) is 11.6 Å². The third-order valence-electron chi connectivity index (χ3n) is 4.59. The Morgan fingerprint density at radius 3 is 2.53 bits per heavy atom. The molecular weight excluding hydrogens is 498 g/mol. The molecule has 0 aliphatic carbocycles. The summed E-state index contributed by atoms with van der Waals surface area (Å²) in [6, 6.07) is 16.5. The lowest BCUT2D eigenvalue weighted by atomic mass is 10.2. The zero-order chi connectivity index (χ0) is 24.7. The number of carbonyl (C=O) groups is 2. The molecule has 0 radical (unpaired) electrons. The molecule has 3 aromatic rings. The first-order valence-corrected chi connectivity index (χ1v) is 13.0. The van der Waals surface area contributed by atoms with Crippen LogP contribution in [0, 0.1) is 0 Å². The molecule has 0 saturated heterocycles. The number of thiophene rings is 1. The van der Waals surface area contributed by atoms with Gasteiger partial charge in [-0.25, -0.2) is 13.1 Å². The van der Waals surface area contributed by atoms with Crippen LogP contribution in [0.1, 0.15) is 23.7 Å². The third kappa shape index (κ3) is 7.04. The minimum atomic E-state index is -3.72.